The molecule has 1 heterocycles. The number of hydrogen-bond acceptors (Lipinski definition) is 3. The van der Waals surface area contributed by atoms with Gasteiger partial charge in [0.2, 0.25) is 5.90 Å². The van der Waals surface area contributed by atoms with Gasteiger partial charge in [-0.15, -0.1) is 0 Å². The molecule has 0 N–H and O–H groups in total. The van der Waals surface area contributed by atoms with Crippen molar-refractivity contribution in [1.29, 1.82) is 0 Å². The molecule has 1 aliphatic heterocycles. The third-order valence-electron chi connectivity index (χ3n) is 7.64. The Bertz CT molecular complexity index is 1840. The van der Waals surface area contributed by atoms with E-state index in [2.05, 4.69) is 0 Å². The lowest BCUT2D eigenvalue weighted by Gasteiger charge is -2.24. The van der Waals surface area contributed by atoms with E-state index in [0.717, 1.165) is 54.1 Å². The van der Waals surface area contributed by atoms with Crippen molar-refractivity contribution in [1.82, 2.24) is 0 Å². The maximum atomic E-state index is 15.4. The first-order chi connectivity index (χ1) is 21.5. The molecule has 0 bridgehead atoms. The normalized spacial score (nSPS) is 15.4. The molecule has 0 fully saturated rings. The molecule has 228 valence electrons. The zero-order chi connectivity index (χ0) is 31.8. The molecule has 1 atom stereocenters. The first kappa shape index (κ1) is 30.4. The Morgan fingerprint density at radius 3 is 1.58 bits per heavy atom. The highest BCUT2D eigenvalue weighted by Crippen LogP contribution is 2.47. The van der Waals surface area contributed by atoms with E-state index in [1.54, 1.807) is 48.5 Å². The third kappa shape index (κ3) is 5.92. The molecule has 0 spiro atoms. The summed E-state index contributed by atoms with van der Waals surface area (Å²) >= 11 is 0. The van der Waals surface area contributed by atoms with Crippen molar-refractivity contribution in [3.8, 4) is 11.1 Å². The van der Waals surface area contributed by atoms with Crippen LogP contribution < -0.4 is 15.9 Å². The Morgan fingerprint density at radius 1 is 0.578 bits per heavy atom. The monoisotopic (exact) mass is 635 g/mol. The minimum absolute atomic E-state index is 0.0405. The first-order valence-corrected chi connectivity index (χ1v) is 15.6. The number of rotatable bonds is 6. The molecular formula is C35H24F6NO2P. The zero-order valence-electron chi connectivity index (χ0n) is 23.4. The molecule has 1 aliphatic rings. The van der Waals surface area contributed by atoms with Gasteiger partial charge in [-0.1, -0.05) is 97.1 Å². The van der Waals surface area contributed by atoms with Crippen LogP contribution in [0.1, 0.15) is 28.3 Å². The van der Waals surface area contributed by atoms with Gasteiger partial charge >= 0.3 is 12.4 Å². The summed E-state index contributed by atoms with van der Waals surface area (Å²) in [5, 5.41) is 0.327. The van der Waals surface area contributed by atoms with Crippen LogP contribution in [0.3, 0.4) is 0 Å². The molecule has 0 aromatic heterocycles. The van der Waals surface area contributed by atoms with E-state index >= 15 is 4.57 Å². The molecule has 45 heavy (non-hydrogen) atoms. The van der Waals surface area contributed by atoms with Crippen molar-refractivity contribution in [3.63, 3.8) is 0 Å². The lowest BCUT2D eigenvalue weighted by molar-refractivity contribution is -0.138. The zero-order valence-corrected chi connectivity index (χ0v) is 24.3. The molecule has 0 unspecified atom stereocenters. The van der Waals surface area contributed by atoms with Gasteiger partial charge in [0.1, 0.15) is 12.6 Å². The fourth-order valence-electron chi connectivity index (χ4n) is 5.40. The van der Waals surface area contributed by atoms with E-state index < -0.39 is 30.6 Å². The predicted octanol–water partition coefficient (Wildman–Crippen LogP) is 8.55. The highest BCUT2D eigenvalue weighted by molar-refractivity contribution is 7.85. The summed E-state index contributed by atoms with van der Waals surface area (Å²) in [6.45, 7) is 0.310. The van der Waals surface area contributed by atoms with Crippen molar-refractivity contribution >= 4 is 29.0 Å². The van der Waals surface area contributed by atoms with Crippen LogP contribution in [-0.2, 0) is 21.7 Å². The molecule has 5 aromatic rings. The molecule has 0 amide bonds. The number of ether oxygens (including phenoxy) is 1. The quantitative estimate of drug-likeness (QED) is 0.139. The molecule has 6 rings (SSSR count). The Labute approximate surface area is 255 Å². The van der Waals surface area contributed by atoms with Crippen LogP contribution in [0.4, 0.5) is 26.3 Å². The number of alkyl halides is 6. The van der Waals surface area contributed by atoms with Gasteiger partial charge in [0, 0.05) is 21.5 Å². The van der Waals surface area contributed by atoms with Crippen molar-refractivity contribution in [2.24, 2.45) is 4.99 Å². The lowest BCUT2D eigenvalue weighted by atomic mass is 9.99. The average molecular weight is 636 g/mol. The molecule has 10 heteroatoms. The predicted molar refractivity (Wildman–Crippen MR) is 163 cm³/mol. The van der Waals surface area contributed by atoms with Crippen LogP contribution in [0.5, 0.6) is 0 Å². The summed E-state index contributed by atoms with van der Waals surface area (Å²) < 4.78 is 102. The molecule has 0 aliphatic carbocycles. The summed E-state index contributed by atoms with van der Waals surface area (Å²) in [5.74, 6) is 0.369. The van der Waals surface area contributed by atoms with Gasteiger partial charge < -0.3 is 9.30 Å². The van der Waals surface area contributed by atoms with Gasteiger partial charge in [0.15, 0.2) is 7.14 Å². The average Bonchev–Trinajstić information content (AvgIpc) is 3.55. The van der Waals surface area contributed by atoms with Gasteiger partial charge in [0.25, 0.3) is 0 Å². The Morgan fingerprint density at radius 2 is 1.04 bits per heavy atom. The Kier molecular flexibility index (Phi) is 7.91. The summed E-state index contributed by atoms with van der Waals surface area (Å²) in [6, 6.07) is 31.0. The van der Waals surface area contributed by atoms with Gasteiger partial charge in [-0.3, -0.25) is 0 Å². The standard InChI is InChI=1S/C35H24F6NO2P/c36-34(37,38)24-14-18-26(19-15-24)45(43,27-20-16-25(17-21-27)35(39,40)41)32-13-7-6-11-29(32)28-10-4-5-12-30(28)33-42-31(22-44-33)23-8-2-1-3-9-23/h1-21,31H,22H2/t31-/m1/s1. The van der Waals surface area contributed by atoms with Crippen molar-refractivity contribution < 1.29 is 35.6 Å². The fraction of sp³-hybridized carbons (Fsp3) is 0.114. The molecule has 0 saturated carbocycles. The molecule has 0 saturated heterocycles. The molecule has 3 nitrogen and oxygen atoms in total. The number of hydrogen-bond donors (Lipinski definition) is 0. The second kappa shape index (κ2) is 11.7. The lowest BCUT2D eigenvalue weighted by Crippen LogP contribution is -2.27. The number of aliphatic imine (C=N–C) groups is 1. The highest BCUT2D eigenvalue weighted by Gasteiger charge is 2.37. The first-order valence-electron chi connectivity index (χ1n) is 13.9. The van der Waals surface area contributed by atoms with Crippen LogP contribution in [-0.4, -0.2) is 12.5 Å². The SMILES string of the molecule is O=P(c1ccc(C(F)(F)F)cc1)(c1ccc(C(F)(F)F)cc1)c1ccccc1-c1ccccc1C1=N[C@@H](c2ccccc2)CO1. The Balaban J connectivity index is 1.52. The summed E-state index contributed by atoms with van der Waals surface area (Å²) in [7, 11) is -4.05. The largest absolute Gasteiger partial charge is 0.475 e. The topological polar surface area (TPSA) is 38.7 Å². The van der Waals surface area contributed by atoms with Gasteiger partial charge in [0.05, 0.1) is 11.1 Å². The second-order valence-electron chi connectivity index (χ2n) is 10.4. The second-order valence-corrected chi connectivity index (χ2v) is 13.2. The summed E-state index contributed by atoms with van der Waals surface area (Å²) in [6.07, 6.45) is -9.26. The van der Waals surface area contributed by atoms with Crippen LogP contribution >= 0.6 is 7.14 Å². The molecular weight excluding hydrogens is 611 g/mol. The maximum absolute atomic E-state index is 15.4. The van der Waals surface area contributed by atoms with Crippen molar-refractivity contribution in [3.05, 3.63) is 150 Å². The van der Waals surface area contributed by atoms with E-state index in [9.17, 15) is 26.3 Å². The number of halogens is 6. The summed E-state index contributed by atoms with van der Waals surface area (Å²) in [5.41, 5.74) is 0.779. The summed E-state index contributed by atoms with van der Waals surface area (Å²) in [4.78, 5) is 4.80. The smallest absolute Gasteiger partial charge is 0.416 e. The van der Waals surface area contributed by atoms with Crippen LogP contribution in [0.25, 0.3) is 11.1 Å². The van der Waals surface area contributed by atoms with Crippen molar-refractivity contribution in [2.45, 2.75) is 18.4 Å². The minimum Gasteiger partial charge on any atom is -0.475 e. The van der Waals surface area contributed by atoms with E-state index in [1.807, 2.05) is 30.3 Å². The fourth-order valence-corrected chi connectivity index (χ4v) is 8.22. The molecule has 5 aromatic carbocycles. The van der Waals surface area contributed by atoms with Crippen LogP contribution in [0.2, 0.25) is 0 Å². The van der Waals surface area contributed by atoms with E-state index in [0.29, 0.717) is 29.2 Å². The van der Waals surface area contributed by atoms with Gasteiger partial charge in [-0.05, 0) is 47.0 Å². The highest BCUT2D eigenvalue weighted by atomic mass is 31.2. The van der Waals surface area contributed by atoms with E-state index in [-0.39, 0.29) is 22.0 Å². The number of benzene rings is 5. The maximum Gasteiger partial charge on any atom is 0.416 e. The Hall–Kier alpha value is -4.62. The van der Waals surface area contributed by atoms with Gasteiger partial charge in [-0.2, -0.15) is 26.3 Å². The molecule has 0 radical (unpaired) electrons. The van der Waals surface area contributed by atoms with Crippen LogP contribution in [0.15, 0.2) is 132 Å². The van der Waals surface area contributed by atoms with E-state index in [4.69, 9.17) is 9.73 Å². The minimum atomic E-state index is -4.63. The third-order valence-corrected chi connectivity index (χ3v) is 10.8. The van der Waals surface area contributed by atoms with E-state index in [1.165, 1.54) is 0 Å². The number of nitrogens with zero attached hydrogens (tertiary/aromatic N) is 1. The van der Waals surface area contributed by atoms with Gasteiger partial charge in [-0.25, -0.2) is 4.99 Å². The van der Waals surface area contributed by atoms with Crippen molar-refractivity contribution in [2.75, 3.05) is 6.61 Å². The van der Waals surface area contributed by atoms with Crippen LogP contribution in [0, 0.1) is 0 Å².